The van der Waals surface area contributed by atoms with E-state index in [1.54, 1.807) is 0 Å². The Morgan fingerprint density at radius 1 is 1.45 bits per heavy atom. The van der Waals surface area contributed by atoms with Crippen molar-refractivity contribution >= 4 is 11.9 Å². The van der Waals surface area contributed by atoms with Crippen LogP contribution in [0.3, 0.4) is 0 Å². The van der Waals surface area contributed by atoms with E-state index >= 15 is 0 Å². The van der Waals surface area contributed by atoms with E-state index in [1.165, 1.54) is 0 Å². The van der Waals surface area contributed by atoms with E-state index in [0.29, 0.717) is 19.0 Å². The smallest absolute Gasteiger partial charge is 0.310 e. The number of nitrogens with zero attached hydrogens (tertiary/aromatic N) is 1. The van der Waals surface area contributed by atoms with Gasteiger partial charge < -0.3 is 10.4 Å². The maximum Gasteiger partial charge on any atom is 0.310 e. The fourth-order valence-electron chi connectivity index (χ4n) is 3.18. The number of carbonyl (C=O) groups is 2. The van der Waals surface area contributed by atoms with Crippen molar-refractivity contribution in [1.82, 2.24) is 10.2 Å². The molecule has 0 spiro atoms. The number of rotatable bonds is 6. The summed E-state index contributed by atoms with van der Waals surface area (Å²) in [7, 11) is 0. The van der Waals surface area contributed by atoms with Crippen LogP contribution >= 0.6 is 0 Å². The van der Waals surface area contributed by atoms with Gasteiger partial charge in [0.1, 0.15) is 0 Å². The molecule has 1 saturated carbocycles. The number of carbonyl (C=O) groups excluding carboxylic acids is 1. The third kappa shape index (κ3) is 3.32. The molecule has 0 aromatic carbocycles. The van der Waals surface area contributed by atoms with E-state index in [0.717, 1.165) is 38.6 Å². The van der Waals surface area contributed by atoms with Crippen LogP contribution in [0.4, 0.5) is 0 Å². The highest BCUT2D eigenvalue weighted by atomic mass is 16.4. The van der Waals surface area contributed by atoms with E-state index in [2.05, 4.69) is 5.32 Å². The molecular formula is C15H26N2O3. The van der Waals surface area contributed by atoms with Gasteiger partial charge in [-0.1, -0.05) is 13.3 Å². The first-order chi connectivity index (χ1) is 9.48. The average Bonchev–Trinajstić information content (AvgIpc) is 3.22. The molecule has 5 heteroatoms. The summed E-state index contributed by atoms with van der Waals surface area (Å²) in [5, 5.41) is 12.6. The topological polar surface area (TPSA) is 69.6 Å². The lowest BCUT2D eigenvalue weighted by molar-refractivity contribution is -0.155. The molecule has 20 heavy (non-hydrogen) atoms. The number of carboxylic acid groups (broad SMARTS) is 1. The minimum atomic E-state index is -0.709. The molecule has 0 bridgehead atoms. The van der Waals surface area contributed by atoms with Gasteiger partial charge in [0.15, 0.2) is 0 Å². The summed E-state index contributed by atoms with van der Waals surface area (Å²) in [4.78, 5) is 25.8. The second-order valence-corrected chi connectivity index (χ2v) is 6.37. The highest BCUT2D eigenvalue weighted by Gasteiger charge is 2.43. The Kier molecular flexibility index (Phi) is 4.68. The van der Waals surface area contributed by atoms with Crippen LogP contribution in [0.15, 0.2) is 0 Å². The summed E-state index contributed by atoms with van der Waals surface area (Å²) in [5.74, 6) is -0.663. The Bertz CT molecular complexity index is 377. The number of amides is 1. The van der Waals surface area contributed by atoms with Gasteiger partial charge in [-0.2, -0.15) is 0 Å². The van der Waals surface area contributed by atoms with E-state index in [4.69, 9.17) is 0 Å². The molecule has 1 amide bonds. The van der Waals surface area contributed by atoms with Gasteiger partial charge in [-0.3, -0.25) is 14.5 Å². The SMILES string of the molecule is CCCC1(C(=O)O)CCCN(C(C)C(=O)NC2CC2)C1. The zero-order valence-electron chi connectivity index (χ0n) is 12.5. The van der Waals surface area contributed by atoms with Crippen molar-refractivity contribution < 1.29 is 14.7 Å². The maximum atomic E-state index is 12.1. The molecule has 0 radical (unpaired) electrons. The monoisotopic (exact) mass is 282 g/mol. The van der Waals surface area contributed by atoms with Gasteiger partial charge in [-0.05, 0) is 45.6 Å². The van der Waals surface area contributed by atoms with Crippen LogP contribution < -0.4 is 5.32 Å². The molecule has 2 rings (SSSR count). The third-order valence-corrected chi connectivity index (χ3v) is 4.64. The Labute approximate surface area is 120 Å². The minimum absolute atomic E-state index is 0.0465. The van der Waals surface area contributed by atoms with Crippen LogP contribution in [-0.4, -0.2) is 47.1 Å². The van der Waals surface area contributed by atoms with Crippen LogP contribution in [0.1, 0.15) is 52.4 Å². The molecule has 2 unspecified atom stereocenters. The summed E-state index contributed by atoms with van der Waals surface area (Å²) in [6.45, 7) is 5.22. The van der Waals surface area contributed by atoms with Crippen molar-refractivity contribution in [2.24, 2.45) is 5.41 Å². The highest BCUT2D eigenvalue weighted by Crippen LogP contribution is 2.35. The number of hydrogen-bond donors (Lipinski definition) is 2. The van der Waals surface area contributed by atoms with Crippen LogP contribution in [0, 0.1) is 5.41 Å². The Morgan fingerprint density at radius 3 is 2.70 bits per heavy atom. The third-order valence-electron chi connectivity index (χ3n) is 4.64. The van der Waals surface area contributed by atoms with E-state index in [9.17, 15) is 14.7 Å². The van der Waals surface area contributed by atoms with Crippen LogP contribution in [0.2, 0.25) is 0 Å². The molecule has 2 N–H and O–H groups in total. The first kappa shape index (κ1) is 15.3. The molecule has 1 heterocycles. The number of likely N-dealkylation sites (tertiary alicyclic amines) is 1. The first-order valence-corrected chi connectivity index (χ1v) is 7.76. The quantitative estimate of drug-likeness (QED) is 0.776. The highest BCUT2D eigenvalue weighted by molar-refractivity contribution is 5.82. The van der Waals surface area contributed by atoms with Crippen molar-refractivity contribution in [3.8, 4) is 0 Å². The van der Waals surface area contributed by atoms with Gasteiger partial charge in [0, 0.05) is 12.6 Å². The summed E-state index contributed by atoms with van der Waals surface area (Å²) in [5.41, 5.74) is -0.666. The van der Waals surface area contributed by atoms with Crippen LogP contribution in [0.25, 0.3) is 0 Å². The number of hydrogen-bond acceptors (Lipinski definition) is 3. The Hall–Kier alpha value is -1.10. The molecule has 0 aromatic rings. The van der Waals surface area contributed by atoms with Crippen molar-refractivity contribution in [3.05, 3.63) is 0 Å². The lowest BCUT2D eigenvalue weighted by Crippen LogP contribution is -2.54. The van der Waals surface area contributed by atoms with Crippen molar-refractivity contribution in [2.75, 3.05) is 13.1 Å². The van der Waals surface area contributed by atoms with Crippen molar-refractivity contribution in [3.63, 3.8) is 0 Å². The number of piperidine rings is 1. The van der Waals surface area contributed by atoms with Crippen molar-refractivity contribution in [2.45, 2.75) is 64.5 Å². The second-order valence-electron chi connectivity index (χ2n) is 6.37. The lowest BCUT2D eigenvalue weighted by Gasteiger charge is -2.42. The zero-order valence-corrected chi connectivity index (χ0v) is 12.5. The standard InChI is InChI=1S/C15H26N2O3/c1-3-7-15(14(19)20)8-4-9-17(10-15)11(2)13(18)16-12-5-6-12/h11-12H,3-10H2,1-2H3,(H,16,18)(H,19,20). The predicted molar refractivity (Wildman–Crippen MR) is 76.4 cm³/mol. The minimum Gasteiger partial charge on any atom is -0.481 e. The number of carboxylic acids is 1. The molecule has 2 atom stereocenters. The number of aliphatic carboxylic acids is 1. The molecular weight excluding hydrogens is 256 g/mol. The number of nitrogens with one attached hydrogen (secondary N) is 1. The van der Waals surface area contributed by atoms with Crippen molar-refractivity contribution in [1.29, 1.82) is 0 Å². The second kappa shape index (κ2) is 6.12. The summed E-state index contributed by atoms with van der Waals surface area (Å²) in [6.07, 6.45) is 5.29. The average molecular weight is 282 g/mol. The fourth-order valence-corrected chi connectivity index (χ4v) is 3.18. The van der Waals surface area contributed by atoms with Gasteiger partial charge >= 0.3 is 5.97 Å². The summed E-state index contributed by atoms with van der Waals surface area (Å²) >= 11 is 0. The molecule has 1 saturated heterocycles. The van der Waals surface area contributed by atoms with E-state index < -0.39 is 11.4 Å². The van der Waals surface area contributed by atoms with Gasteiger partial charge in [0.2, 0.25) is 5.91 Å². The van der Waals surface area contributed by atoms with E-state index in [-0.39, 0.29) is 11.9 Å². The Morgan fingerprint density at radius 2 is 2.15 bits per heavy atom. The maximum absolute atomic E-state index is 12.1. The van der Waals surface area contributed by atoms with E-state index in [1.807, 2.05) is 18.7 Å². The van der Waals surface area contributed by atoms with Gasteiger partial charge in [0.25, 0.3) is 0 Å². The fraction of sp³-hybridized carbons (Fsp3) is 0.867. The molecule has 114 valence electrons. The largest absolute Gasteiger partial charge is 0.481 e. The molecule has 5 nitrogen and oxygen atoms in total. The molecule has 1 aliphatic carbocycles. The molecule has 0 aromatic heterocycles. The lowest BCUT2D eigenvalue weighted by atomic mass is 9.76. The van der Waals surface area contributed by atoms with Gasteiger partial charge in [-0.15, -0.1) is 0 Å². The first-order valence-electron chi connectivity index (χ1n) is 7.76. The van der Waals surface area contributed by atoms with Gasteiger partial charge in [0.05, 0.1) is 11.5 Å². The zero-order chi connectivity index (χ0) is 14.8. The summed E-state index contributed by atoms with van der Waals surface area (Å²) < 4.78 is 0. The Balaban J connectivity index is 2.00. The van der Waals surface area contributed by atoms with Crippen LogP contribution in [0.5, 0.6) is 0 Å². The predicted octanol–water partition coefficient (Wildman–Crippen LogP) is 1.62. The van der Waals surface area contributed by atoms with Crippen LogP contribution in [-0.2, 0) is 9.59 Å². The molecule has 1 aliphatic heterocycles. The summed E-state index contributed by atoms with van der Waals surface area (Å²) in [6, 6.07) is 0.126. The molecule has 2 fully saturated rings. The normalized spacial score (nSPS) is 28.9. The molecule has 2 aliphatic rings. The van der Waals surface area contributed by atoms with Gasteiger partial charge in [-0.25, -0.2) is 0 Å².